The maximum absolute atomic E-state index is 8.30. The van der Waals surface area contributed by atoms with E-state index >= 15 is 0 Å². The van der Waals surface area contributed by atoms with Crippen LogP contribution in [0.25, 0.3) is 0 Å². The largest absolute Gasteiger partial charge is 0.448 e. The van der Waals surface area contributed by atoms with E-state index in [1.165, 1.54) is 0 Å². The zero-order valence-corrected chi connectivity index (χ0v) is 7.73. The fourth-order valence-electron chi connectivity index (χ4n) is 0.727. The Labute approximate surface area is 81.5 Å². The summed E-state index contributed by atoms with van der Waals surface area (Å²) in [7, 11) is 0. The molecular weight excluding hydrogens is 199 g/mol. The molecule has 0 radical (unpaired) electrons. The van der Waals surface area contributed by atoms with Crippen LogP contribution >= 0.6 is 24.0 Å². The van der Waals surface area contributed by atoms with E-state index in [2.05, 4.69) is 0 Å². The number of furan rings is 1. The van der Waals surface area contributed by atoms with Crippen molar-refractivity contribution in [1.29, 1.82) is 5.26 Å². The fourth-order valence-corrected chi connectivity index (χ4v) is 0.879. The number of hydrogen-bond acceptors (Lipinski definition) is 3. The van der Waals surface area contributed by atoms with Crippen molar-refractivity contribution in [2.45, 2.75) is 12.5 Å². The Bertz CT molecular complexity index is 279. The maximum atomic E-state index is 8.30. The Hall–Kier alpha value is -0.690. The molecule has 0 aliphatic rings. The Morgan fingerprint density at radius 1 is 1.67 bits per heavy atom. The minimum atomic E-state index is -0.368. The Kier molecular flexibility index (Phi) is 4.75. The van der Waals surface area contributed by atoms with Crippen LogP contribution in [0.2, 0.25) is 5.22 Å². The molecule has 1 atom stereocenters. The topological polar surface area (TPSA) is 63.0 Å². The van der Waals surface area contributed by atoms with Gasteiger partial charge in [-0.1, -0.05) is 0 Å². The van der Waals surface area contributed by atoms with Crippen molar-refractivity contribution in [2.75, 3.05) is 0 Å². The molecule has 0 unspecified atom stereocenters. The van der Waals surface area contributed by atoms with E-state index in [1.807, 2.05) is 6.07 Å². The molecule has 0 amide bonds. The first-order valence-electron chi connectivity index (χ1n) is 3.12. The summed E-state index contributed by atoms with van der Waals surface area (Å²) in [6.07, 6.45) is 0.240. The van der Waals surface area contributed by atoms with E-state index in [0.29, 0.717) is 11.0 Å². The molecule has 1 rings (SSSR count). The standard InChI is InChI=1S/C7H7ClN2O.ClH/c8-7-2-1-6(11-7)5(10)3-4-9;/h1-2,5H,3,10H2;1H/t5-;/m1./s1. The van der Waals surface area contributed by atoms with Crippen LogP contribution < -0.4 is 5.73 Å². The Morgan fingerprint density at radius 2 is 2.33 bits per heavy atom. The summed E-state index contributed by atoms with van der Waals surface area (Å²) in [4.78, 5) is 0. The van der Waals surface area contributed by atoms with Gasteiger partial charge in [0.1, 0.15) is 5.76 Å². The average Bonchev–Trinajstić information content (AvgIpc) is 2.36. The molecule has 0 aliphatic heterocycles. The second-order valence-electron chi connectivity index (χ2n) is 2.11. The first kappa shape index (κ1) is 11.3. The molecule has 0 fully saturated rings. The summed E-state index contributed by atoms with van der Waals surface area (Å²) in [5.41, 5.74) is 5.54. The smallest absolute Gasteiger partial charge is 0.193 e. The van der Waals surface area contributed by atoms with E-state index in [-0.39, 0.29) is 24.9 Å². The van der Waals surface area contributed by atoms with Gasteiger partial charge in [0.2, 0.25) is 0 Å². The van der Waals surface area contributed by atoms with Gasteiger partial charge in [-0.15, -0.1) is 12.4 Å². The van der Waals surface area contributed by atoms with E-state index in [1.54, 1.807) is 12.1 Å². The van der Waals surface area contributed by atoms with Gasteiger partial charge in [-0.3, -0.25) is 0 Å². The second-order valence-corrected chi connectivity index (χ2v) is 2.48. The minimum absolute atomic E-state index is 0. The lowest BCUT2D eigenvalue weighted by molar-refractivity contribution is 0.470. The lowest BCUT2D eigenvalue weighted by atomic mass is 10.2. The van der Waals surface area contributed by atoms with Crippen LogP contribution in [-0.4, -0.2) is 0 Å². The minimum Gasteiger partial charge on any atom is -0.448 e. The van der Waals surface area contributed by atoms with Crippen LogP contribution in [0.4, 0.5) is 0 Å². The molecule has 0 saturated carbocycles. The monoisotopic (exact) mass is 206 g/mol. The van der Waals surface area contributed by atoms with Crippen LogP contribution in [0.1, 0.15) is 18.2 Å². The molecule has 0 bridgehead atoms. The van der Waals surface area contributed by atoms with Crippen molar-refractivity contribution in [3.63, 3.8) is 0 Å². The summed E-state index contributed by atoms with van der Waals surface area (Å²) in [5, 5.41) is 8.60. The third-order valence-electron chi connectivity index (χ3n) is 1.27. The molecular formula is C7H8Cl2N2O. The van der Waals surface area contributed by atoms with Gasteiger partial charge in [-0.05, 0) is 23.7 Å². The van der Waals surface area contributed by atoms with Crippen molar-refractivity contribution in [3.05, 3.63) is 23.1 Å². The van der Waals surface area contributed by atoms with Crippen LogP contribution in [-0.2, 0) is 0 Å². The molecule has 0 saturated heterocycles. The molecule has 2 N–H and O–H groups in total. The van der Waals surface area contributed by atoms with Gasteiger partial charge in [-0.2, -0.15) is 5.26 Å². The first-order valence-corrected chi connectivity index (χ1v) is 3.49. The molecule has 1 heterocycles. The van der Waals surface area contributed by atoms with Crippen molar-refractivity contribution >= 4 is 24.0 Å². The quantitative estimate of drug-likeness (QED) is 0.808. The summed E-state index contributed by atoms with van der Waals surface area (Å²) in [5.74, 6) is 0.552. The molecule has 66 valence electrons. The molecule has 3 nitrogen and oxygen atoms in total. The van der Waals surface area contributed by atoms with Crippen LogP contribution in [0.15, 0.2) is 16.5 Å². The van der Waals surface area contributed by atoms with Crippen LogP contribution in [0.5, 0.6) is 0 Å². The summed E-state index contributed by atoms with van der Waals surface area (Å²) in [6, 6.07) is 4.86. The number of hydrogen-bond donors (Lipinski definition) is 1. The highest BCUT2D eigenvalue weighted by Crippen LogP contribution is 2.19. The van der Waals surface area contributed by atoms with Crippen molar-refractivity contribution < 1.29 is 4.42 Å². The van der Waals surface area contributed by atoms with Crippen molar-refractivity contribution in [2.24, 2.45) is 5.73 Å². The lowest BCUT2D eigenvalue weighted by Crippen LogP contribution is -2.07. The predicted molar refractivity (Wildman–Crippen MR) is 48.1 cm³/mol. The Balaban J connectivity index is 0.00000121. The molecule has 0 aliphatic carbocycles. The third-order valence-corrected chi connectivity index (χ3v) is 1.47. The molecule has 0 spiro atoms. The van der Waals surface area contributed by atoms with Gasteiger partial charge < -0.3 is 10.2 Å². The van der Waals surface area contributed by atoms with E-state index in [4.69, 9.17) is 27.0 Å². The number of nitrogens with zero attached hydrogens (tertiary/aromatic N) is 1. The van der Waals surface area contributed by atoms with Crippen LogP contribution in [0.3, 0.4) is 0 Å². The average molecular weight is 207 g/mol. The molecule has 12 heavy (non-hydrogen) atoms. The predicted octanol–water partition coefficient (Wildman–Crippen LogP) is 2.27. The fraction of sp³-hybridized carbons (Fsp3) is 0.286. The first-order chi connectivity index (χ1) is 5.24. The summed E-state index contributed by atoms with van der Waals surface area (Å²) < 4.78 is 4.99. The highest BCUT2D eigenvalue weighted by molar-refractivity contribution is 6.28. The second kappa shape index (κ2) is 5.04. The summed E-state index contributed by atoms with van der Waals surface area (Å²) >= 11 is 5.50. The maximum Gasteiger partial charge on any atom is 0.193 e. The molecule has 0 aromatic carbocycles. The van der Waals surface area contributed by atoms with Gasteiger partial charge in [0.05, 0.1) is 18.5 Å². The highest BCUT2D eigenvalue weighted by atomic mass is 35.5. The SMILES string of the molecule is Cl.N#CC[C@@H](N)c1ccc(Cl)o1. The number of nitriles is 1. The van der Waals surface area contributed by atoms with Gasteiger partial charge in [0, 0.05) is 0 Å². The molecule has 5 heteroatoms. The lowest BCUT2D eigenvalue weighted by Gasteiger charge is -2.00. The number of halogens is 2. The van der Waals surface area contributed by atoms with Gasteiger partial charge >= 0.3 is 0 Å². The normalized spacial score (nSPS) is 11.4. The molecule has 1 aromatic heterocycles. The van der Waals surface area contributed by atoms with E-state index in [9.17, 15) is 0 Å². The van der Waals surface area contributed by atoms with Crippen LogP contribution in [0, 0.1) is 11.3 Å². The third kappa shape index (κ3) is 2.74. The Morgan fingerprint density at radius 3 is 2.75 bits per heavy atom. The zero-order valence-electron chi connectivity index (χ0n) is 6.16. The van der Waals surface area contributed by atoms with Gasteiger partial charge in [0.25, 0.3) is 0 Å². The van der Waals surface area contributed by atoms with E-state index in [0.717, 1.165) is 0 Å². The zero-order chi connectivity index (χ0) is 8.27. The van der Waals surface area contributed by atoms with E-state index < -0.39 is 0 Å². The summed E-state index contributed by atoms with van der Waals surface area (Å²) in [6.45, 7) is 0. The van der Waals surface area contributed by atoms with Gasteiger partial charge in [0.15, 0.2) is 5.22 Å². The van der Waals surface area contributed by atoms with Crippen molar-refractivity contribution in [3.8, 4) is 6.07 Å². The van der Waals surface area contributed by atoms with Crippen molar-refractivity contribution in [1.82, 2.24) is 0 Å². The number of rotatable bonds is 2. The molecule has 1 aromatic rings. The highest BCUT2D eigenvalue weighted by Gasteiger charge is 2.08. The number of nitrogens with two attached hydrogens (primary N) is 1. The van der Waals surface area contributed by atoms with Gasteiger partial charge in [-0.25, -0.2) is 0 Å².